The largest absolute Gasteiger partial charge is 0.492 e. The van der Waals surface area contributed by atoms with Crippen LogP contribution in [-0.4, -0.2) is 201 Å². The van der Waals surface area contributed by atoms with E-state index in [4.69, 9.17) is 34.3 Å². The zero-order chi connectivity index (χ0) is 51.7. The van der Waals surface area contributed by atoms with Gasteiger partial charge in [-0.05, 0) is 63.4 Å². The summed E-state index contributed by atoms with van der Waals surface area (Å²) in [4.78, 5) is 25.5. The molecule has 26 heteroatoms. The van der Waals surface area contributed by atoms with E-state index >= 15 is 0 Å². The smallest absolute Gasteiger partial charge is 0.122 e. The van der Waals surface area contributed by atoms with Crippen LogP contribution in [0.2, 0.25) is 26.3 Å². The van der Waals surface area contributed by atoms with Crippen LogP contribution in [0, 0.1) is 13.8 Å². The standard InChI is InChI=1S/C22H40BrN3O.C14H21B3BrN3O4.C7H16B3N3O4/c1-7-24(8-2)14-15-25(9-3)17-21(26(10-4)11-5)18-27-22-13-12-20(23)16-19(22)6;1-11-7-12(18)3-4-14(11)24-9-13(19-10-16-22)8-15-21-25-6-5-20-17(2)23;1-10(16)12-2-3-17-13-8-4-7(5-14)11-6-9-15/h12-13,16,21H,7-11,14-15,17-18H2,1-6H3;3-4,7,10,13,20,23H,5-6,8-9H2,1-2H3;6-7,12,14,16H,2-5H2,1H3/t21-;13-;7-/m111/s1. The van der Waals surface area contributed by atoms with Crippen molar-refractivity contribution in [1.29, 1.82) is 0 Å². The number of benzene rings is 2. The van der Waals surface area contributed by atoms with Gasteiger partial charge in [0.05, 0.1) is 6.04 Å². The number of rotatable bonds is 36. The molecule has 0 heterocycles. The number of hydrogen-bond donors (Lipinski definition) is 5. The van der Waals surface area contributed by atoms with Crippen molar-refractivity contribution in [2.75, 3.05) is 98.5 Å². The number of ether oxygens (including phenoxy) is 2. The summed E-state index contributed by atoms with van der Waals surface area (Å²) in [6.07, 6.45) is 3.18. The summed E-state index contributed by atoms with van der Waals surface area (Å²) in [5.74, 6) is 1.76. The zero-order valence-corrected chi connectivity index (χ0v) is 45.7. The topological polar surface area (TPSA) is 215 Å². The fourth-order valence-corrected chi connectivity index (χ4v) is 7.22. The maximum atomic E-state index is 10.5. The summed E-state index contributed by atoms with van der Waals surface area (Å²) in [5, 5.41) is 39.8. The molecule has 0 radical (unpaired) electrons. The van der Waals surface area contributed by atoms with E-state index in [-0.39, 0.29) is 18.7 Å². The molecule has 69 heavy (non-hydrogen) atoms. The van der Waals surface area contributed by atoms with Crippen molar-refractivity contribution >= 4 is 86.6 Å². The van der Waals surface area contributed by atoms with E-state index in [1.807, 2.05) is 25.1 Å². The molecule has 0 saturated heterocycles. The number of likely N-dealkylation sites (N-methyl/N-ethyl adjacent to an activating group) is 3. The van der Waals surface area contributed by atoms with Gasteiger partial charge in [0.15, 0.2) is 0 Å². The van der Waals surface area contributed by atoms with Crippen molar-refractivity contribution in [3.8, 4) is 11.5 Å². The number of aliphatic hydroxyl groups is 1. The van der Waals surface area contributed by atoms with Crippen molar-refractivity contribution in [3.05, 3.63) is 56.5 Å². The van der Waals surface area contributed by atoms with Crippen molar-refractivity contribution < 1.29 is 43.7 Å². The van der Waals surface area contributed by atoms with E-state index in [1.54, 1.807) is 20.7 Å². The Labute approximate surface area is 432 Å². The molecule has 0 aliphatic carbocycles. The third kappa shape index (κ3) is 35.1. The minimum atomic E-state index is -0.575. The second-order valence-corrected chi connectivity index (χ2v) is 17.4. The van der Waals surface area contributed by atoms with E-state index in [1.165, 1.54) is 18.7 Å². The Morgan fingerprint density at radius 2 is 1.14 bits per heavy atom. The average molecular weight is 1090 g/mol. The summed E-state index contributed by atoms with van der Waals surface area (Å²) in [5.41, 5.74) is 2.19. The predicted octanol–water partition coefficient (Wildman–Crippen LogP) is 4.39. The minimum absolute atomic E-state index is 0.153. The zero-order valence-electron chi connectivity index (χ0n) is 42.5. The Morgan fingerprint density at radius 3 is 1.57 bits per heavy atom. The Morgan fingerprint density at radius 1 is 0.696 bits per heavy atom. The molecule has 0 aliphatic rings. The summed E-state index contributed by atoms with van der Waals surface area (Å²) in [6, 6.07) is 11.8. The van der Waals surface area contributed by atoms with Gasteiger partial charge >= 0.3 is 259 Å². The van der Waals surface area contributed by atoms with Gasteiger partial charge in [0, 0.05) is 24.1 Å². The fraction of sp³-hybridized carbons (Fsp3) is 0.674. The first-order chi connectivity index (χ1) is 33.2. The van der Waals surface area contributed by atoms with Gasteiger partial charge in [-0.2, -0.15) is 0 Å². The maximum absolute atomic E-state index is 10.5. The summed E-state index contributed by atoms with van der Waals surface area (Å²) in [6.45, 7) is 29.8. The second kappa shape index (κ2) is 44.0. The predicted molar refractivity (Wildman–Crippen MR) is 291 cm³/mol. The second-order valence-electron chi connectivity index (χ2n) is 15.6. The van der Waals surface area contributed by atoms with Gasteiger partial charge in [-0.25, -0.2) is 0 Å². The molecule has 2 aromatic carbocycles. The van der Waals surface area contributed by atoms with Gasteiger partial charge in [-0.15, -0.1) is 0 Å². The molecular weight excluding hydrogens is 1010 g/mol. The summed E-state index contributed by atoms with van der Waals surface area (Å²) < 4.78 is 34.6. The van der Waals surface area contributed by atoms with Crippen LogP contribution in [0.25, 0.3) is 0 Å². The molecular formula is C43H77B6Br2N9O9. The van der Waals surface area contributed by atoms with E-state index in [0.29, 0.717) is 65.9 Å². The van der Waals surface area contributed by atoms with Crippen LogP contribution >= 0.6 is 31.9 Å². The molecule has 0 amide bonds. The summed E-state index contributed by atoms with van der Waals surface area (Å²) >= 11 is 6.94. The molecule has 0 bridgehead atoms. The number of aryl methyl sites for hydroxylation is 2. The number of nitrogens with one attached hydrogen (secondary N) is 2. The maximum Gasteiger partial charge on any atom is 0.122 e. The first-order valence-corrected chi connectivity index (χ1v) is 25.4. The molecule has 18 nitrogen and oxygen atoms in total. The summed E-state index contributed by atoms with van der Waals surface area (Å²) in [7, 11) is 3.11. The first-order valence-electron chi connectivity index (χ1n) is 23.8. The van der Waals surface area contributed by atoms with Crippen molar-refractivity contribution in [3.63, 3.8) is 0 Å². The molecule has 0 aromatic heterocycles. The Kier molecular flexibility index (Phi) is 42.2. The average Bonchev–Trinajstić information content (AvgIpc) is 3.32. The Balaban J connectivity index is 0.00000103. The molecule has 0 spiro atoms. The van der Waals surface area contributed by atoms with Crippen LogP contribution in [0.4, 0.5) is 0 Å². The molecule has 0 unspecified atom stereocenters. The third-order valence-electron chi connectivity index (χ3n) is 10.3. The van der Waals surface area contributed by atoms with Gasteiger partial charge < -0.3 is 14.5 Å². The van der Waals surface area contributed by atoms with Crippen LogP contribution in [0.3, 0.4) is 0 Å². The van der Waals surface area contributed by atoms with E-state index in [2.05, 4.69) is 137 Å². The minimum Gasteiger partial charge on any atom is -0.492 e. The number of aliphatic hydroxyl groups excluding tert-OH is 1. The monoisotopic (exact) mass is 1090 g/mol. The third-order valence-corrected chi connectivity index (χ3v) is 11.2. The van der Waals surface area contributed by atoms with Gasteiger partial charge in [-0.3, -0.25) is 4.90 Å². The number of hydrogen-bond acceptors (Lipinski definition) is 18. The molecule has 0 aliphatic heterocycles. The Hall–Kier alpha value is -2.79. The van der Waals surface area contributed by atoms with E-state index in [0.717, 1.165) is 91.1 Å². The normalized spacial score (nSPS) is 12.5. The van der Waals surface area contributed by atoms with Crippen molar-refractivity contribution in [2.45, 2.75) is 92.9 Å². The van der Waals surface area contributed by atoms with Crippen LogP contribution in [0.15, 0.2) is 65.4 Å². The SMILES string of the molecule is CB(O)NCCON=BC[C@H](CO)N=CB=O.CB(O)NCCON=BC[C@H](COc1ccc(Br)cc1C)N=CB=O.CCN(CC)CCN(CC)C[C@H](COc1ccc(Br)cc1C)N(CC)CC. The number of halogens is 2. The molecule has 0 fully saturated rings. The molecule has 0 saturated carbocycles. The molecule has 5 N–H and O–H groups in total. The number of nitrogens with zero attached hydrogens (tertiary/aromatic N) is 7. The van der Waals surface area contributed by atoms with Crippen LogP contribution < -0.4 is 19.9 Å². The molecule has 2 aromatic rings. The van der Waals surface area contributed by atoms with Crippen molar-refractivity contribution in [2.24, 2.45) is 20.1 Å². The first kappa shape index (κ1) is 66.2. The molecule has 2 rings (SSSR count). The van der Waals surface area contributed by atoms with Gasteiger partial charge in [0.2, 0.25) is 0 Å². The van der Waals surface area contributed by atoms with Gasteiger partial charge in [0.1, 0.15) is 12.4 Å². The van der Waals surface area contributed by atoms with Gasteiger partial charge in [-0.1, -0.05) is 50.5 Å². The van der Waals surface area contributed by atoms with Crippen molar-refractivity contribution in [1.82, 2.24) is 25.2 Å². The molecule has 3 atom stereocenters. The van der Waals surface area contributed by atoms with Crippen LogP contribution in [-0.2, 0) is 19.1 Å². The quantitative estimate of drug-likeness (QED) is 0.0277. The fourth-order valence-electron chi connectivity index (χ4n) is 6.27. The Bertz CT molecular complexity index is 1750. The van der Waals surface area contributed by atoms with Gasteiger partial charge in [0.25, 0.3) is 0 Å². The van der Waals surface area contributed by atoms with E-state index in [9.17, 15) is 9.41 Å². The van der Waals surface area contributed by atoms with E-state index < -0.39 is 14.1 Å². The molecule has 380 valence electrons. The van der Waals surface area contributed by atoms with Crippen LogP contribution in [0.1, 0.15) is 45.7 Å². The number of aliphatic imine (C=N–C) groups is 2. The van der Waals surface area contributed by atoms with Crippen LogP contribution in [0.5, 0.6) is 11.5 Å².